The number of halogens is 2. The van der Waals surface area contributed by atoms with E-state index >= 15 is 0 Å². The molecule has 28 heavy (non-hydrogen) atoms. The summed E-state index contributed by atoms with van der Waals surface area (Å²) >= 11 is 0. The standard InChI is InChI=1S/C18H21F2N7O/c1-25-8-11(7-22-25)23-17-21-5-4-15(24-17)26-9-12-2-3-13(10-26)27(12)16(28)14-6-18(14,19)20/h4-5,7-8,12-14H,2-3,6,9-10H2,1H3,(H,21,23,24)/t12-,13?,14?/m1/s1. The lowest BCUT2D eigenvalue weighted by Gasteiger charge is -2.41. The number of hydrogen-bond donors (Lipinski definition) is 1. The number of aromatic nitrogens is 4. The van der Waals surface area contributed by atoms with Crippen LogP contribution in [0, 0.1) is 5.92 Å². The van der Waals surface area contributed by atoms with Crippen molar-refractivity contribution in [3.05, 3.63) is 24.7 Å². The van der Waals surface area contributed by atoms with E-state index in [2.05, 4.69) is 25.3 Å². The van der Waals surface area contributed by atoms with Crippen LogP contribution in [0.1, 0.15) is 19.3 Å². The Labute approximate surface area is 160 Å². The SMILES string of the molecule is Cn1cc(Nc2nccc(N3CC4CC[C@H](C3)N4C(=O)C3CC3(F)F)n2)cn1. The summed E-state index contributed by atoms with van der Waals surface area (Å²) < 4.78 is 28.4. The third kappa shape index (κ3) is 2.96. The number of nitrogens with one attached hydrogen (secondary N) is 1. The average Bonchev–Trinajstić information content (AvgIpc) is 2.96. The second-order valence-electron chi connectivity index (χ2n) is 7.82. The number of alkyl halides is 2. The Morgan fingerprint density at radius 1 is 1.29 bits per heavy atom. The summed E-state index contributed by atoms with van der Waals surface area (Å²) in [4.78, 5) is 25.2. The van der Waals surface area contributed by atoms with E-state index in [1.165, 1.54) is 0 Å². The Morgan fingerprint density at radius 3 is 2.61 bits per heavy atom. The van der Waals surface area contributed by atoms with E-state index in [0.717, 1.165) is 24.3 Å². The van der Waals surface area contributed by atoms with Crippen LogP contribution in [0.15, 0.2) is 24.7 Å². The molecule has 5 rings (SSSR count). The van der Waals surface area contributed by atoms with Gasteiger partial charge in [0.15, 0.2) is 0 Å². The van der Waals surface area contributed by atoms with Crippen LogP contribution in [-0.2, 0) is 11.8 Å². The molecule has 10 heteroatoms. The molecule has 2 aromatic rings. The number of hydrogen-bond acceptors (Lipinski definition) is 6. The number of carbonyl (C=O) groups is 1. The summed E-state index contributed by atoms with van der Waals surface area (Å²) in [6.07, 6.45) is 6.59. The number of amides is 1. The van der Waals surface area contributed by atoms with Crippen LogP contribution in [0.25, 0.3) is 0 Å². The zero-order chi connectivity index (χ0) is 19.5. The predicted molar refractivity (Wildman–Crippen MR) is 97.4 cm³/mol. The number of anilines is 3. The van der Waals surface area contributed by atoms with Gasteiger partial charge in [0.1, 0.15) is 11.7 Å². The lowest BCUT2D eigenvalue weighted by atomic mass is 10.1. The summed E-state index contributed by atoms with van der Waals surface area (Å²) in [6, 6.07) is 1.76. The van der Waals surface area contributed by atoms with Crippen molar-refractivity contribution in [3.63, 3.8) is 0 Å². The first-order valence-electron chi connectivity index (χ1n) is 9.44. The second kappa shape index (κ2) is 6.11. The van der Waals surface area contributed by atoms with Crippen molar-refractivity contribution in [2.24, 2.45) is 13.0 Å². The minimum Gasteiger partial charge on any atom is -0.352 e. The van der Waals surface area contributed by atoms with Crippen molar-refractivity contribution < 1.29 is 13.6 Å². The first-order valence-corrected chi connectivity index (χ1v) is 9.44. The fourth-order valence-corrected chi connectivity index (χ4v) is 4.31. The van der Waals surface area contributed by atoms with Crippen LogP contribution < -0.4 is 10.2 Å². The van der Waals surface area contributed by atoms with E-state index in [9.17, 15) is 13.6 Å². The molecule has 3 aliphatic rings. The van der Waals surface area contributed by atoms with Crippen LogP contribution >= 0.6 is 0 Å². The molecule has 3 atom stereocenters. The van der Waals surface area contributed by atoms with E-state index in [0.29, 0.717) is 19.0 Å². The lowest BCUT2D eigenvalue weighted by molar-refractivity contribution is -0.138. The summed E-state index contributed by atoms with van der Waals surface area (Å²) in [7, 11) is 1.83. The van der Waals surface area contributed by atoms with E-state index in [-0.39, 0.29) is 24.4 Å². The molecule has 0 spiro atoms. The minimum absolute atomic E-state index is 0.0349. The zero-order valence-corrected chi connectivity index (χ0v) is 15.4. The monoisotopic (exact) mass is 389 g/mol. The molecule has 1 amide bonds. The Bertz CT molecular complexity index is 903. The van der Waals surface area contributed by atoms with Crippen LogP contribution in [-0.4, -0.2) is 61.7 Å². The van der Waals surface area contributed by atoms with Gasteiger partial charge in [0.2, 0.25) is 11.9 Å². The molecular formula is C18H21F2N7O. The molecule has 1 aliphatic carbocycles. The summed E-state index contributed by atoms with van der Waals surface area (Å²) in [5.41, 5.74) is 0.792. The Morgan fingerprint density at radius 2 is 2.00 bits per heavy atom. The maximum Gasteiger partial charge on any atom is 0.260 e. The van der Waals surface area contributed by atoms with Gasteiger partial charge >= 0.3 is 0 Å². The maximum atomic E-state index is 13.4. The summed E-state index contributed by atoms with van der Waals surface area (Å²) in [5.74, 6) is -3.07. The average molecular weight is 389 g/mol. The number of rotatable bonds is 4. The van der Waals surface area contributed by atoms with Crippen molar-refractivity contribution in [3.8, 4) is 0 Å². The van der Waals surface area contributed by atoms with E-state index < -0.39 is 11.8 Å². The first kappa shape index (κ1) is 17.3. The fourth-order valence-electron chi connectivity index (χ4n) is 4.31. The first-order chi connectivity index (χ1) is 13.4. The fraction of sp³-hybridized carbons (Fsp3) is 0.556. The Kier molecular flexibility index (Phi) is 3.78. The quantitative estimate of drug-likeness (QED) is 0.859. The number of fused-ring (bicyclic) bond motifs is 2. The van der Waals surface area contributed by atoms with E-state index in [4.69, 9.17) is 0 Å². The molecule has 2 aliphatic heterocycles. The van der Waals surface area contributed by atoms with Gasteiger partial charge in [-0.15, -0.1) is 0 Å². The molecule has 0 aromatic carbocycles. The van der Waals surface area contributed by atoms with Gasteiger partial charge in [0, 0.05) is 51.0 Å². The number of piperazine rings is 1. The molecule has 1 saturated carbocycles. The van der Waals surface area contributed by atoms with Gasteiger partial charge in [-0.2, -0.15) is 10.1 Å². The molecule has 8 nitrogen and oxygen atoms in total. The van der Waals surface area contributed by atoms with Gasteiger partial charge in [-0.05, 0) is 18.9 Å². The summed E-state index contributed by atoms with van der Waals surface area (Å²) in [5, 5.41) is 7.23. The van der Waals surface area contributed by atoms with Gasteiger partial charge in [0.05, 0.1) is 11.9 Å². The molecule has 2 bridgehead atoms. The van der Waals surface area contributed by atoms with E-state index in [1.807, 2.05) is 19.3 Å². The van der Waals surface area contributed by atoms with Crippen LogP contribution in [0.5, 0.6) is 0 Å². The molecule has 0 radical (unpaired) electrons. The molecule has 2 aromatic heterocycles. The van der Waals surface area contributed by atoms with E-state index in [1.54, 1.807) is 22.0 Å². The topological polar surface area (TPSA) is 79.2 Å². The molecule has 3 fully saturated rings. The third-order valence-electron chi connectivity index (χ3n) is 5.79. The van der Waals surface area contributed by atoms with Crippen LogP contribution in [0.3, 0.4) is 0 Å². The lowest BCUT2D eigenvalue weighted by Crippen LogP contribution is -2.56. The highest BCUT2D eigenvalue weighted by molar-refractivity contribution is 5.84. The van der Waals surface area contributed by atoms with Gasteiger partial charge in [0.25, 0.3) is 5.92 Å². The largest absolute Gasteiger partial charge is 0.352 e. The van der Waals surface area contributed by atoms with Gasteiger partial charge < -0.3 is 15.1 Å². The molecule has 4 heterocycles. The van der Waals surface area contributed by atoms with Crippen molar-refractivity contribution in [2.75, 3.05) is 23.3 Å². The maximum absolute atomic E-state index is 13.4. The predicted octanol–water partition coefficient (Wildman–Crippen LogP) is 1.79. The molecular weight excluding hydrogens is 368 g/mol. The van der Waals surface area contributed by atoms with Crippen molar-refractivity contribution in [1.82, 2.24) is 24.6 Å². The summed E-state index contributed by atoms with van der Waals surface area (Å²) in [6.45, 7) is 1.20. The van der Waals surface area contributed by atoms with Crippen molar-refractivity contribution in [1.29, 1.82) is 0 Å². The Hall–Kier alpha value is -2.78. The highest BCUT2D eigenvalue weighted by atomic mass is 19.3. The zero-order valence-electron chi connectivity index (χ0n) is 15.4. The van der Waals surface area contributed by atoms with Crippen LogP contribution in [0.4, 0.5) is 26.2 Å². The number of carbonyl (C=O) groups excluding carboxylic acids is 1. The Balaban J connectivity index is 1.30. The van der Waals surface area contributed by atoms with Gasteiger partial charge in [-0.25, -0.2) is 13.8 Å². The normalized spacial score (nSPS) is 27.8. The molecule has 1 N–H and O–H groups in total. The van der Waals surface area contributed by atoms with Gasteiger partial charge in [-0.3, -0.25) is 9.48 Å². The minimum atomic E-state index is -2.81. The number of aryl methyl sites for hydroxylation is 1. The van der Waals surface area contributed by atoms with Crippen molar-refractivity contribution >= 4 is 23.4 Å². The molecule has 148 valence electrons. The molecule has 2 unspecified atom stereocenters. The third-order valence-corrected chi connectivity index (χ3v) is 5.79. The number of nitrogens with zero attached hydrogens (tertiary/aromatic N) is 6. The van der Waals surface area contributed by atoms with Crippen LogP contribution in [0.2, 0.25) is 0 Å². The van der Waals surface area contributed by atoms with Crippen molar-refractivity contribution in [2.45, 2.75) is 37.3 Å². The second-order valence-corrected chi connectivity index (χ2v) is 7.82. The van der Waals surface area contributed by atoms with Gasteiger partial charge in [-0.1, -0.05) is 0 Å². The highest BCUT2D eigenvalue weighted by Crippen LogP contribution is 2.51. The smallest absolute Gasteiger partial charge is 0.260 e. The molecule has 2 saturated heterocycles. The highest BCUT2D eigenvalue weighted by Gasteiger charge is 2.64.